The van der Waals surface area contributed by atoms with E-state index >= 15 is 0 Å². The van der Waals surface area contributed by atoms with E-state index in [2.05, 4.69) is 9.62 Å². The summed E-state index contributed by atoms with van der Waals surface area (Å²) in [5.74, 6) is 0.615. The summed E-state index contributed by atoms with van der Waals surface area (Å²) in [5.41, 5.74) is 1.09. The molecule has 0 spiro atoms. The number of methoxy groups -OCH3 is 1. The monoisotopic (exact) mass is 327 g/mol. The van der Waals surface area contributed by atoms with Crippen molar-refractivity contribution in [3.8, 4) is 5.75 Å². The molecule has 0 saturated carbocycles. The fourth-order valence-corrected chi connectivity index (χ4v) is 2.70. The van der Waals surface area contributed by atoms with E-state index in [4.69, 9.17) is 4.74 Å². The molecule has 2 rings (SSSR count). The molecule has 0 bridgehead atoms. The fraction of sp³-hybridized carbons (Fsp3) is 0.500. The summed E-state index contributed by atoms with van der Waals surface area (Å²) in [6.45, 7) is 2.42. The second-order valence-electron chi connectivity index (χ2n) is 5.16. The molecule has 7 nitrogen and oxygen atoms in total. The summed E-state index contributed by atoms with van der Waals surface area (Å²) < 4.78 is 29.4. The normalized spacial score (nSPS) is 15.7. The van der Waals surface area contributed by atoms with Crippen LogP contribution in [-0.4, -0.2) is 65.3 Å². The first-order valence-corrected chi connectivity index (χ1v) is 8.89. The Morgan fingerprint density at radius 2 is 1.77 bits per heavy atom. The van der Waals surface area contributed by atoms with Crippen LogP contribution in [0.5, 0.6) is 5.75 Å². The van der Waals surface area contributed by atoms with Crippen molar-refractivity contribution in [2.24, 2.45) is 0 Å². The van der Waals surface area contributed by atoms with Crippen molar-refractivity contribution < 1.29 is 17.9 Å². The Kier molecular flexibility index (Phi) is 5.25. The van der Waals surface area contributed by atoms with Gasteiger partial charge in [-0.3, -0.25) is 4.79 Å². The van der Waals surface area contributed by atoms with Crippen molar-refractivity contribution in [3.63, 3.8) is 0 Å². The van der Waals surface area contributed by atoms with Gasteiger partial charge in [0.25, 0.3) is 0 Å². The zero-order chi connectivity index (χ0) is 16.2. The minimum Gasteiger partial charge on any atom is -0.497 e. The van der Waals surface area contributed by atoms with Crippen molar-refractivity contribution in [2.75, 3.05) is 51.0 Å². The predicted octanol–water partition coefficient (Wildman–Crippen LogP) is -0.107. The molecule has 1 fully saturated rings. The maximum atomic E-state index is 11.9. The number of piperazine rings is 1. The number of rotatable bonds is 5. The SMILES string of the molecule is COc1ccc(N2CCN(C(=O)CNS(C)(=O)=O)CC2)cc1. The highest BCUT2D eigenvalue weighted by molar-refractivity contribution is 7.88. The van der Waals surface area contributed by atoms with E-state index in [1.165, 1.54) is 0 Å². The minimum atomic E-state index is -3.34. The molecule has 0 aromatic heterocycles. The maximum absolute atomic E-state index is 11.9. The largest absolute Gasteiger partial charge is 0.497 e. The molecule has 0 atom stereocenters. The third-order valence-electron chi connectivity index (χ3n) is 3.56. The van der Waals surface area contributed by atoms with Crippen LogP contribution in [-0.2, 0) is 14.8 Å². The smallest absolute Gasteiger partial charge is 0.237 e. The number of carbonyl (C=O) groups is 1. The standard InChI is InChI=1S/C14H21N3O4S/c1-21-13-5-3-12(4-6-13)16-7-9-17(10-8-16)14(18)11-15-22(2,19)20/h3-6,15H,7-11H2,1-2H3. The van der Waals surface area contributed by atoms with Crippen LogP contribution < -0.4 is 14.4 Å². The first kappa shape index (κ1) is 16.6. The second-order valence-corrected chi connectivity index (χ2v) is 6.99. The van der Waals surface area contributed by atoms with Crippen LogP contribution in [0.3, 0.4) is 0 Å². The fourth-order valence-electron chi connectivity index (χ4n) is 2.31. The molecule has 1 saturated heterocycles. The average molecular weight is 327 g/mol. The summed E-state index contributed by atoms with van der Waals surface area (Å²) in [7, 11) is -1.71. The zero-order valence-corrected chi connectivity index (χ0v) is 13.6. The molecule has 1 N–H and O–H groups in total. The molecule has 0 aliphatic carbocycles. The molecule has 0 unspecified atom stereocenters. The summed E-state index contributed by atoms with van der Waals surface area (Å²) in [6, 6.07) is 7.79. The van der Waals surface area contributed by atoms with Crippen LogP contribution in [0.4, 0.5) is 5.69 Å². The van der Waals surface area contributed by atoms with Gasteiger partial charge >= 0.3 is 0 Å². The molecule has 8 heteroatoms. The molecule has 1 aromatic carbocycles. The van der Waals surface area contributed by atoms with Gasteiger partial charge in [0.15, 0.2) is 0 Å². The van der Waals surface area contributed by atoms with Crippen LogP contribution in [0.15, 0.2) is 24.3 Å². The number of hydrogen-bond donors (Lipinski definition) is 1. The van der Waals surface area contributed by atoms with E-state index in [1.54, 1.807) is 12.0 Å². The summed E-state index contributed by atoms with van der Waals surface area (Å²) >= 11 is 0. The molecule has 0 radical (unpaired) electrons. The van der Waals surface area contributed by atoms with E-state index in [-0.39, 0.29) is 12.5 Å². The molecule has 1 aliphatic rings. The molecule has 1 aromatic rings. The Hall–Kier alpha value is -1.80. The number of anilines is 1. The second kappa shape index (κ2) is 6.97. The quantitative estimate of drug-likeness (QED) is 0.816. The number of amides is 1. The molecular weight excluding hydrogens is 306 g/mol. The Labute approximate surface area is 130 Å². The van der Waals surface area contributed by atoms with Crippen molar-refractivity contribution in [1.82, 2.24) is 9.62 Å². The van der Waals surface area contributed by atoms with E-state index in [0.717, 1.165) is 30.8 Å². The number of nitrogens with zero attached hydrogens (tertiary/aromatic N) is 2. The minimum absolute atomic E-state index is 0.179. The Bertz CT molecular complexity index is 607. The topological polar surface area (TPSA) is 79.0 Å². The van der Waals surface area contributed by atoms with Gasteiger partial charge in [-0.1, -0.05) is 0 Å². The van der Waals surface area contributed by atoms with Gasteiger partial charge in [-0.2, -0.15) is 0 Å². The predicted molar refractivity (Wildman–Crippen MR) is 84.6 cm³/mol. The lowest BCUT2D eigenvalue weighted by Crippen LogP contribution is -2.51. The van der Waals surface area contributed by atoms with Crippen molar-refractivity contribution in [2.45, 2.75) is 0 Å². The Morgan fingerprint density at radius 3 is 2.27 bits per heavy atom. The Balaban J connectivity index is 1.85. The van der Waals surface area contributed by atoms with Crippen molar-refractivity contribution in [3.05, 3.63) is 24.3 Å². The highest BCUT2D eigenvalue weighted by Gasteiger charge is 2.21. The highest BCUT2D eigenvalue weighted by atomic mass is 32.2. The number of benzene rings is 1. The molecule has 122 valence electrons. The van der Waals surface area contributed by atoms with Crippen LogP contribution in [0.1, 0.15) is 0 Å². The van der Waals surface area contributed by atoms with E-state index < -0.39 is 10.0 Å². The lowest BCUT2D eigenvalue weighted by Gasteiger charge is -2.36. The van der Waals surface area contributed by atoms with Crippen LogP contribution in [0.2, 0.25) is 0 Å². The first-order chi connectivity index (χ1) is 10.4. The van der Waals surface area contributed by atoms with Gasteiger partial charge in [0.1, 0.15) is 5.75 Å². The number of nitrogens with one attached hydrogen (secondary N) is 1. The number of ether oxygens (including phenoxy) is 1. The molecular formula is C14H21N3O4S. The van der Waals surface area contributed by atoms with Gasteiger partial charge in [0.05, 0.1) is 19.9 Å². The number of carbonyl (C=O) groups excluding carboxylic acids is 1. The zero-order valence-electron chi connectivity index (χ0n) is 12.8. The number of hydrogen-bond acceptors (Lipinski definition) is 5. The third-order valence-corrected chi connectivity index (χ3v) is 4.22. The average Bonchev–Trinajstić information content (AvgIpc) is 2.52. The third kappa shape index (κ3) is 4.60. The lowest BCUT2D eigenvalue weighted by atomic mass is 10.2. The van der Waals surface area contributed by atoms with Gasteiger partial charge in [-0.25, -0.2) is 13.1 Å². The highest BCUT2D eigenvalue weighted by Crippen LogP contribution is 2.20. The Morgan fingerprint density at radius 1 is 1.18 bits per heavy atom. The van der Waals surface area contributed by atoms with Crippen molar-refractivity contribution >= 4 is 21.6 Å². The van der Waals surface area contributed by atoms with Gasteiger partial charge in [0.2, 0.25) is 15.9 Å². The summed E-state index contributed by atoms with van der Waals surface area (Å²) in [4.78, 5) is 15.8. The summed E-state index contributed by atoms with van der Waals surface area (Å²) in [6.07, 6.45) is 1.04. The van der Waals surface area contributed by atoms with Crippen molar-refractivity contribution in [1.29, 1.82) is 0 Å². The van der Waals surface area contributed by atoms with Gasteiger partial charge in [-0.15, -0.1) is 0 Å². The summed E-state index contributed by atoms with van der Waals surface area (Å²) in [5, 5.41) is 0. The lowest BCUT2D eigenvalue weighted by molar-refractivity contribution is -0.130. The van der Waals surface area contributed by atoms with E-state index in [1.807, 2.05) is 24.3 Å². The van der Waals surface area contributed by atoms with Gasteiger partial charge < -0.3 is 14.5 Å². The first-order valence-electron chi connectivity index (χ1n) is 7.00. The van der Waals surface area contributed by atoms with E-state index in [0.29, 0.717) is 13.1 Å². The molecule has 22 heavy (non-hydrogen) atoms. The van der Waals surface area contributed by atoms with E-state index in [9.17, 15) is 13.2 Å². The van der Waals surface area contributed by atoms with Crippen LogP contribution in [0.25, 0.3) is 0 Å². The molecule has 1 heterocycles. The number of sulfonamides is 1. The molecule has 1 amide bonds. The van der Waals surface area contributed by atoms with Crippen LogP contribution in [0, 0.1) is 0 Å². The van der Waals surface area contributed by atoms with Gasteiger partial charge in [-0.05, 0) is 24.3 Å². The molecule has 1 aliphatic heterocycles. The van der Waals surface area contributed by atoms with Gasteiger partial charge in [0, 0.05) is 31.9 Å². The van der Waals surface area contributed by atoms with Crippen LogP contribution >= 0.6 is 0 Å². The maximum Gasteiger partial charge on any atom is 0.237 e.